The highest BCUT2D eigenvalue weighted by Gasteiger charge is 2.17. The molecule has 0 bridgehead atoms. The number of para-hydroxylation sites is 2. The van der Waals surface area contributed by atoms with Crippen molar-refractivity contribution in [2.24, 2.45) is 0 Å². The Kier molecular flexibility index (Phi) is 8.65. The van der Waals surface area contributed by atoms with Gasteiger partial charge in [0.05, 0.1) is 11.0 Å². The zero-order valence-electron chi connectivity index (χ0n) is 33.5. The Labute approximate surface area is 362 Å². The molecule has 3 heterocycles. The second-order valence-electron chi connectivity index (χ2n) is 15.6. The average molecular weight is 809 g/mol. The van der Waals surface area contributed by atoms with Crippen molar-refractivity contribution in [1.82, 2.24) is 19.5 Å². The Balaban J connectivity index is 1.04. The number of thiophene rings is 1. The van der Waals surface area contributed by atoms with E-state index < -0.39 is 0 Å². The molecule has 0 saturated heterocycles. The van der Waals surface area contributed by atoms with Crippen LogP contribution in [-0.2, 0) is 0 Å². The molecule has 0 spiro atoms. The van der Waals surface area contributed by atoms with Gasteiger partial charge in [-0.25, -0.2) is 15.0 Å². The first-order valence-electron chi connectivity index (χ1n) is 20.8. The van der Waals surface area contributed by atoms with Gasteiger partial charge in [0.25, 0.3) is 0 Å². The normalized spacial score (nSPS) is 11.5. The van der Waals surface area contributed by atoms with Crippen LogP contribution < -0.4 is 0 Å². The molecule has 0 aliphatic heterocycles. The molecule has 0 atom stereocenters. The third kappa shape index (κ3) is 6.35. The molecule has 0 fully saturated rings. The van der Waals surface area contributed by atoms with Crippen LogP contribution in [0.5, 0.6) is 0 Å². The molecule has 3 aromatic heterocycles. The predicted octanol–water partition coefficient (Wildman–Crippen LogP) is 15.3. The van der Waals surface area contributed by atoms with Crippen LogP contribution in [0.2, 0.25) is 0 Å². The van der Waals surface area contributed by atoms with Crippen LogP contribution in [0, 0.1) is 0 Å². The molecular weight excluding hydrogens is 773 g/mol. The molecular formula is C57H36N4S. The van der Waals surface area contributed by atoms with E-state index in [0.717, 1.165) is 50.2 Å². The maximum atomic E-state index is 5.07. The molecule has 12 aromatic rings. The minimum absolute atomic E-state index is 0.631. The third-order valence-corrected chi connectivity index (χ3v) is 13.0. The van der Waals surface area contributed by atoms with Crippen LogP contribution >= 0.6 is 11.3 Å². The van der Waals surface area contributed by atoms with E-state index in [9.17, 15) is 0 Å². The van der Waals surface area contributed by atoms with Crippen molar-refractivity contribution < 1.29 is 0 Å². The van der Waals surface area contributed by atoms with Crippen LogP contribution in [0.4, 0.5) is 0 Å². The van der Waals surface area contributed by atoms with Gasteiger partial charge in [-0.05, 0) is 106 Å². The molecule has 4 nitrogen and oxygen atoms in total. The monoisotopic (exact) mass is 808 g/mol. The fourth-order valence-electron chi connectivity index (χ4n) is 8.82. The molecule has 290 valence electrons. The van der Waals surface area contributed by atoms with Crippen molar-refractivity contribution in [3.63, 3.8) is 0 Å². The van der Waals surface area contributed by atoms with E-state index in [1.807, 2.05) is 72.0 Å². The Bertz CT molecular complexity index is 3570. The molecule has 0 unspecified atom stereocenters. The number of fused-ring (bicyclic) bond motifs is 6. The molecule has 0 amide bonds. The molecule has 12 rings (SSSR count). The van der Waals surface area contributed by atoms with E-state index in [0.29, 0.717) is 17.5 Å². The van der Waals surface area contributed by atoms with E-state index in [1.54, 1.807) is 0 Å². The maximum absolute atomic E-state index is 5.07. The van der Waals surface area contributed by atoms with Gasteiger partial charge in [0.15, 0.2) is 17.5 Å². The van der Waals surface area contributed by atoms with Crippen molar-refractivity contribution in [3.8, 4) is 73.2 Å². The maximum Gasteiger partial charge on any atom is 0.164 e. The highest BCUT2D eigenvalue weighted by Crippen LogP contribution is 2.41. The van der Waals surface area contributed by atoms with Crippen LogP contribution in [0.1, 0.15) is 0 Å². The first-order chi connectivity index (χ1) is 30.7. The quantitative estimate of drug-likeness (QED) is 0.161. The van der Waals surface area contributed by atoms with Crippen LogP contribution in [0.3, 0.4) is 0 Å². The van der Waals surface area contributed by atoms with E-state index in [-0.39, 0.29) is 0 Å². The highest BCUT2D eigenvalue weighted by molar-refractivity contribution is 7.25. The summed E-state index contributed by atoms with van der Waals surface area (Å²) in [7, 11) is 0. The number of aromatic nitrogens is 4. The number of nitrogens with zero attached hydrogens (tertiary/aromatic N) is 4. The second-order valence-corrected chi connectivity index (χ2v) is 16.7. The van der Waals surface area contributed by atoms with Gasteiger partial charge in [-0.15, -0.1) is 11.3 Å². The topological polar surface area (TPSA) is 43.6 Å². The minimum atomic E-state index is 0.631. The highest BCUT2D eigenvalue weighted by atomic mass is 32.1. The number of hydrogen-bond acceptors (Lipinski definition) is 4. The summed E-state index contributed by atoms with van der Waals surface area (Å²) in [6.45, 7) is 0. The number of benzene rings is 9. The van der Waals surface area contributed by atoms with Gasteiger partial charge in [-0.3, -0.25) is 0 Å². The van der Waals surface area contributed by atoms with Crippen molar-refractivity contribution >= 4 is 53.3 Å². The van der Waals surface area contributed by atoms with Crippen molar-refractivity contribution in [2.75, 3.05) is 0 Å². The Morgan fingerprint density at radius 1 is 0.274 bits per heavy atom. The molecule has 0 saturated carbocycles. The first-order valence-corrected chi connectivity index (χ1v) is 21.7. The molecule has 5 heteroatoms. The summed E-state index contributed by atoms with van der Waals surface area (Å²) in [6, 6.07) is 77.8. The smallest absolute Gasteiger partial charge is 0.164 e. The summed E-state index contributed by atoms with van der Waals surface area (Å²) in [5.74, 6) is 1.92. The lowest BCUT2D eigenvalue weighted by molar-refractivity contribution is 1.07. The fraction of sp³-hybridized carbons (Fsp3) is 0. The molecule has 0 N–H and O–H groups in total. The molecule has 62 heavy (non-hydrogen) atoms. The Hall–Kier alpha value is -7.99. The van der Waals surface area contributed by atoms with Crippen molar-refractivity contribution in [2.45, 2.75) is 0 Å². The average Bonchev–Trinajstić information content (AvgIpc) is 3.90. The minimum Gasteiger partial charge on any atom is -0.309 e. The summed E-state index contributed by atoms with van der Waals surface area (Å²) in [6.07, 6.45) is 0. The molecule has 0 radical (unpaired) electrons. The van der Waals surface area contributed by atoms with Crippen molar-refractivity contribution in [1.29, 1.82) is 0 Å². The molecule has 9 aromatic carbocycles. The Morgan fingerprint density at radius 2 is 0.726 bits per heavy atom. The van der Waals surface area contributed by atoms with E-state index in [4.69, 9.17) is 15.0 Å². The summed E-state index contributed by atoms with van der Waals surface area (Å²) in [5.41, 5.74) is 13.2. The van der Waals surface area contributed by atoms with Gasteiger partial charge in [0, 0.05) is 53.3 Å². The summed E-state index contributed by atoms with van der Waals surface area (Å²) < 4.78 is 4.97. The first kappa shape index (κ1) is 35.9. The summed E-state index contributed by atoms with van der Waals surface area (Å²) in [4.78, 5) is 15.1. The lowest BCUT2D eigenvalue weighted by atomic mass is 9.92. The zero-order chi connectivity index (χ0) is 41.0. The Morgan fingerprint density at radius 3 is 1.40 bits per heavy atom. The van der Waals surface area contributed by atoms with E-state index >= 15 is 0 Å². The van der Waals surface area contributed by atoms with Gasteiger partial charge in [0.1, 0.15) is 0 Å². The standard InChI is InChI=1S/C57H36N4S/c1-4-15-37(16-5-1)55-58-56(38-17-6-2-7-18-38)60-57(59-55)42-20-14-19-39(31-42)43-32-44(34-45(33-43)41-28-30-54-50(36-41)48-24-11-13-26-53(48)62-54)40-27-29-52-49(35-40)47-23-10-12-25-51(47)61(52)46-21-8-3-9-22-46/h1-36H. The number of rotatable bonds is 7. The summed E-state index contributed by atoms with van der Waals surface area (Å²) in [5, 5.41) is 5.03. The predicted molar refractivity (Wildman–Crippen MR) is 260 cm³/mol. The van der Waals surface area contributed by atoms with E-state index in [1.165, 1.54) is 47.5 Å². The van der Waals surface area contributed by atoms with Crippen LogP contribution in [-0.4, -0.2) is 19.5 Å². The van der Waals surface area contributed by atoms with Crippen LogP contribution in [0.25, 0.3) is 115 Å². The second kappa shape index (κ2) is 14.9. The third-order valence-electron chi connectivity index (χ3n) is 11.8. The molecule has 0 aliphatic rings. The largest absolute Gasteiger partial charge is 0.309 e. The zero-order valence-corrected chi connectivity index (χ0v) is 34.3. The summed E-state index contributed by atoms with van der Waals surface area (Å²) >= 11 is 1.85. The SMILES string of the molecule is c1ccc(-c2nc(-c3ccccc3)nc(-c3cccc(-c4cc(-c5ccc6sc7ccccc7c6c5)cc(-c5ccc6c(c5)c5ccccc5n6-c5ccccc5)c4)c3)n2)cc1. The lowest BCUT2D eigenvalue weighted by Crippen LogP contribution is -2.00. The lowest BCUT2D eigenvalue weighted by Gasteiger charge is -2.13. The number of hydrogen-bond donors (Lipinski definition) is 0. The van der Waals surface area contributed by atoms with Gasteiger partial charge < -0.3 is 4.57 Å². The molecule has 0 aliphatic carbocycles. The van der Waals surface area contributed by atoms with Crippen molar-refractivity contribution in [3.05, 3.63) is 218 Å². The van der Waals surface area contributed by atoms with Gasteiger partial charge >= 0.3 is 0 Å². The van der Waals surface area contributed by atoms with Crippen LogP contribution in [0.15, 0.2) is 218 Å². The van der Waals surface area contributed by atoms with Gasteiger partial charge in [-0.2, -0.15) is 0 Å². The van der Waals surface area contributed by atoms with Gasteiger partial charge in [-0.1, -0.05) is 146 Å². The van der Waals surface area contributed by atoms with E-state index in [2.05, 4.69) is 162 Å². The fourth-order valence-corrected chi connectivity index (χ4v) is 9.90. The van der Waals surface area contributed by atoms with Gasteiger partial charge in [0.2, 0.25) is 0 Å².